The zero-order chi connectivity index (χ0) is 16.9. The van der Waals surface area contributed by atoms with Crippen LogP contribution in [0.5, 0.6) is 0 Å². The molecule has 7 heteroatoms. The van der Waals surface area contributed by atoms with Crippen molar-refractivity contribution in [2.75, 3.05) is 32.8 Å². The summed E-state index contributed by atoms with van der Waals surface area (Å²) in [7, 11) is 0. The number of nitrogens with zero attached hydrogens (tertiary/aromatic N) is 1. The van der Waals surface area contributed by atoms with E-state index in [0.717, 1.165) is 19.4 Å². The molecule has 1 unspecified atom stereocenters. The average molecular weight is 328 g/mol. The van der Waals surface area contributed by atoms with Crippen LogP contribution in [0.15, 0.2) is 0 Å². The second kappa shape index (κ2) is 7.97. The quantitative estimate of drug-likeness (QED) is 0.846. The third kappa shape index (κ3) is 5.99. The number of nitrogens with one attached hydrogen (secondary N) is 1. The van der Waals surface area contributed by atoms with Crippen molar-refractivity contribution in [3.63, 3.8) is 0 Å². The van der Waals surface area contributed by atoms with Crippen LogP contribution in [0, 0.1) is 5.92 Å². The Bertz CT molecular complexity index is 415. The van der Waals surface area contributed by atoms with Gasteiger partial charge in [-0.1, -0.05) is 0 Å². The summed E-state index contributed by atoms with van der Waals surface area (Å²) in [4.78, 5) is 25.7. The first-order valence-corrected chi connectivity index (χ1v) is 8.33. The Morgan fingerprint density at radius 1 is 1.26 bits per heavy atom. The Labute approximate surface area is 137 Å². The molecule has 0 aromatic rings. The van der Waals surface area contributed by atoms with E-state index in [0.29, 0.717) is 19.8 Å². The van der Waals surface area contributed by atoms with Gasteiger partial charge in [0, 0.05) is 32.0 Å². The summed E-state index contributed by atoms with van der Waals surface area (Å²) in [5.41, 5.74) is -0.532. The minimum absolute atomic E-state index is 0.0451. The molecule has 0 aromatic heterocycles. The van der Waals surface area contributed by atoms with Crippen LogP contribution < -0.4 is 5.32 Å². The summed E-state index contributed by atoms with van der Waals surface area (Å²) < 4.78 is 16.2. The molecule has 2 fully saturated rings. The second-order valence-corrected chi connectivity index (χ2v) is 7.03. The van der Waals surface area contributed by atoms with E-state index in [1.807, 2.05) is 4.90 Å². The van der Waals surface area contributed by atoms with Gasteiger partial charge < -0.3 is 24.4 Å². The molecule has 0 saturated carbocycles. The number of alkyl carbamates (subject to hydrolysis) is 1. The maximum atomic E-state index is 12.3. The summed E-state index contributed by atoms with van der Waals surface area (Å²) in [6, 6.07) is 0. The van der Waals surface area contributed by atoms with E-state index < -0.39 is 11.7 Å². The van der Waals surface area contributed by atoms with Gasteiger partial charge in [0.05, 0.1) is 13.2 Å². The molecule has 0 aromatic carbocycles. The van der Waals surface area contributed by atoms with Crippen LogP contribution in [0.25, 0.3) is 0 Å². The lowest BCUT2D eigenvalue weighted by Gasteiger charge is -2.34. The van der Waals surface area contributed by atoms with Crippen molar-refractivity contribution in [1.29, 1.82) is 0 Å². The molecule has 2 heterocycles. The lowest BCUT2D eigenvalue weighted by atomic mass is 9.97. The molecular weight excluding hydrogens is 300 g/mol. The van der Waals surface area contributed by atoms with Gasteiger partial charge in [-0.05, 0) is 33.6 Å². The van der Waals surface area contributed by atoms with Crippen LogP contribution in [0.4, 0.5) is 4.79 Å². The van der Waals surface area contributed by atoms with Gasteiger partial charge in [0.25, 0.3) is 0 Å². The monoisotopic (exact) mass is 328 g/mol. The van der Waals surface area contributed by atoms with Crippen molar-refractivity contribution < 1.29 is 23.8 Å². The highest BCUT2D eigenvalue weighted by molar-refractivity contribution is 5.77. The number of carbonyl (C=O) groups is 2. The van der Waals surface area contributed by atoms with E-state index >= 15 is 0 Å². The number of piperidine rings is 1. The predicted molar refractivity (Wildman–Crippen MR) is 83.8 cm³/mol. The van der Waals surface area contributed by atoms with Crippen LogP contribution in [0.3, 0.4) is 0 Å². The van der Waals surface area contributed by atoms with Gasteiger partial charge in [0.2, 0.25) is 5.91 Å². The number of amides is 2. The molecular formula is C16H28N2O5. The van der Waals surface area contributed by atoms with E-state index in [-0.39, 0.29) is 31.1 Å². The number of hydrogen-bond acceptors (Lipinski definition) is 5. The summed E-state index contributed by atoms with van der Waals surface area (Å²) >= 11 is 0. The largest absolute Gasteiger partial charge is 0.444 e. The minimum Gasteiger partial charge on any atom is -0.444 e. The molecule has 0 spiro atoms. The Hall–Kier alpha value is -1.34. The second-order valence-electron chi connectivity index (χ2n) is 7.03. The number of likely N-dealkylation sites (tertiary alicyclic amines) is 1. The van der Waals surface area contributed by atoms with E-state index in [1.165, 1.54) is 0 Å². The van der Waals surface area contributed by atoms with Gasteiger partial charge in [-0.25, -0.2) is 4.79 Å². The fourth-order valence-corrected chi connectivity index (χ4v) is 2.85. The van der Waals surface area contributed by atoms with Gasteiger partial charge in [-0.3, -0.25) is 4.79 Å². The van der Waals surface area contributed by atoms with Gasteiger partial charge in [-0.15, -0.1) is 0 Å². The molecule has 2 amide bonds. The molecule has 0 bridgehead atoms. The first kappa shape index (κ1) is 18.0. The van der Waals surface area contributed by atoms with E-state index in [4.69, 9.17) is 14.2 Å². The highest BCUT2D eigenvalue weighted by Gasteiger charge is 2.32. The summed E-state index contributed by atoms with van der Waals surface area (Å²) in [6.07, 6.45) is 1.59. The smallest absolute Gasteiger partial charge is 0.407 e. The van der Waals surface area contributed by atoms with Gasteiger partial charge >= 0.3 is 6.09 Å². The fourth-order valence-electron chi connectivity index (χ4n) is 2.85. The fraction of sp³-hybridized carbons (Fsp3) is 0.875. The Morgan fingerprint density at radius 3 is 2.61 bits per heavy atom. The van der Waals surface area contributed by atoms with Crippen LogP contribution in [0.2, 0.25) is 0 Å². The van der Waals surface area contributed by atoms with E-state index in [1.54, 1.807) is 20.8 Å². The molecule has 2 rings (SSSR count). The maximum absolute atomic E-state index is 12.3. The standard InChI is InChI=1S/C16H28N2O5/c1-16(2,3)23-15(20)17-7-6-13(19)18-8-4-5-12(11-18)14-21-9-10-22-14/h12,14H,4-11H2,1-3H3,(H,17,20). The van der Waals surface area contributed by atoms with Gasteiger partial charge in [0.1, 0.15) is 5.60 Å². The Kier molecular flexibility index (Phi) is 6.24. The third-order valence-electron chi connectivity index (χ3n) is 3.85. The highest BCUT2D eigenvalue weighted by atomic mass is 16.7. The highest BCUT2D eigenvalue weighted by Crippen LogP contribution is 2.25. The van der Waals surface area contributed by atoms with Crippen LogP contribution in [0.1, 0.15) is 40.0 Å². The molecule has 0 radical (unpaired) electrons. The van der Waals surface area contributed by atoms with E-state index in [9.17, 15) is 9.59 Å². The SMILES string of the molecule is CC(C)(C)OC(=O)NCCC(=O)N1CCCC(C2OCCO2)C1. The van der Waals surface area contributed by atoms with Crippen LogP contribution >= 0.6 is 0 Å². The number of rotatable bonds is 4. The molecule has 1 atom stereocenters. The molecule has 2 aliphatic rings. The number of ether oxygens (including phenoxy) is 3. The molecule has 23 heavy (non-hydrogen) atoms. The first-order valence-electron chi connectivity index (χ1n) is 8.33. The van der Waals surface area contributed by atoms with E-state index in [2.05, 4.69) is 5.32 Å². The Balaban J connectivity index is 1.69. The van der Waals surface area contributed by atoms with Gasteiger partial charge in [0.15, 0.2) is 6.29 Å². The summed E-state index contributed by atoms with van der Waals surface area (Å²) in [6.45, 7) is 8.38. The number of carbonyl (C=O) groups excluding carboxylic acids is 2. The average Bonchev–Trinajstić information content (AvgIpc) is 2.99. The molecule has 7 nitrogen and oxygen atoms in total. The van der Waals surface area contributed by atoms with Crippen molar-refractivity contribution in [1.82, 2.24) is 10.2 Å². The normalized spacial score (nSPS) is 22.9. The van der Waals surface area contributed by atoms with Gasteiger partial charge in [-0.2, -0.15) is 0 Å². The lowest BCUT2D eigenvalue weighted by molar-refractivity contribution is -0.139. The third-order valence-corrected chi connectivity index (χ3v) is 3.85. The zero-order valence-electron chi connectivity index (χ0n) is 14.3. The molecule has 0 aliphatic carbocycles. The van der Waals surface area contributed by atoms with Crippen LogP contribution in [-0.2, 0) is 19.0 Å². The van der Waals surface area contributed by atoms with Crippen LogP contribution in [-0.4, -0.2) is 61.6 Å². The summed E-state index contributed by atoms with van der Waals surface area (Å²) in [5, 5.41) is 2.62. The van der Waals surface area contributed by atoms with Crippen molar-refractivity contribution in [2.45, 2.75) is 51.9 Å². The summed E-state index contributed by atoms with van der Waals surface area (Å²) in [5.74, 6) is 0.290. The lowest BCUT2D eigenvalue weighted by Crippen LogP contribution is -2.44. The number of hydrogen-bond donors (Lipinski definition) is 1. The molecule has 132 valence electrons. The topological polar surface area (TPSA) is 77.1 Å². The van der Waals surface area contributed by atoms with Crippen molar-refractivity contribution >= 4 is 12.0 Å². The van der Waals surface area contributed by atoms with Crippen molar-refractivity contribution in [2.24, 2.45) is 5.92 Å². The zero-order valence-corrected chi connectivity index (χ0v) is 14.3. The minimum atomic E-state index is -0.532. The maximum Gasteiger partial charge on any atom is 0.407 e. The Morgan fingerprint density at radius 2 is 1.96 bits per heavy atom. The van der Waals surface area contributed by atoms with Crippen molar-refractivity contribution in [3.05, 3.63) is 0 Å². The molecule has 2 saturated heterocycles. The predicted octanol–water partition coefficient (Wildman–Crippen LogP) is 1.51. The molecule has 2 aliphatic heterocycles. The molecule has 1 N–H and O–H groups in total. The first-order chi connectivity index (χ1) is 10.8. The van der Waals surface area contributed by atoms with Crippen molar-refractivity contribution in [3.8, 4) is 0 Å².